The Kier molecular flexibility index (Phi) is 6.30. The van der Waals surface area contributed by atoms with Crippen LogP contribution >= 0.6 is 28.3 Å². The Bertz CT molecular complexity index is 1190. The van der Waals surface area contributed by atoms with Crippen LogP contribution in [0.2, 0.25) is 0 Å². The fraction of sp³-hybridized carbons (Fsp3) is 0.0556. The van der Waals surface area contributed by atoms with Crippen molar-refractivity contribution < 1.29 is 12.9 Å². The molecule has 0 saturated heterocycles. The van der Waals surface area contributed by atoms with Crippen molar-refractivity contribution in [2.24, 2.45) is 0 Å². The number of sulfonamides is 1. The smallest absolute Gasteiger partial charge is 0.263 e. The molecule has 3 aromatic heterocycles. The van der Waals surface area contributed by atoms with Crippen molar-refractivity contribution in [2.75, 3.05) is 10.0 Å². The maximum absolute atomic E-state index is 12.4. The summed E-state index contributed by atoms with van der Waals surface area (Å²) in [4.78, 5) is 8.89. The van der Waals surface area contributed by atoms with E-state index in [1.165, 1.54) is 29.5 Å². The van der Waals surface area contributed by atoms with E-state index in [9.17, 15) is 8.42 Å². The van der Waals surface area contributed by atoms with Gasteiger partial charge in [0, 0.05) is 23.3 Å². The van der Waals surface area contributed by atoms with Crippen molar-refractivity contribution in [1.29, 1.82) is 0 Å². The van der Waals surface area contributed by atoms with Gasteiger partial charge in [-0.1, -0.05) is 11.2 Å². The summed E-state index contributed by atoms with van der Waals surface area (Å²) in [5.74, 6) is 0.662. The average molecular weight is 494 g/mol. The molecule has 4 rings (SSSR count). The monoisotopic (exact) mass is 493 g/mol. The Morgan fingerprint density at radius 2 is 1.86 bits per heavy atom. The third-order valence-corrected chi connectivity index (χ3v) is 5.84. The quantitative estimate of drug-likeness (QED) is 0.402. The van der Waals surface area contributed by atoms with Gasteiger partial charge in [0.2, 0.25) is 0 Å². The number of nitrogens with one attached hydrogen (secondary N) is 2. The summed E-state index contributed by atoms with van der Waals surface area (Å²) in [6.45, 7) is 1.68. The highest BCUT2D eigenvalue weighted by molar-refractivity contribution is 8.93. The molecule has 0 fully saturated rings. The SMILES string of the molecule is Br.Cc1cc(NS(=O)(=O)c2ccc(Nc3nc(-c4ccccn4)cs3)cc2)no1. The third-order valence-electron chi connectivity index (χ3n) is 3.71. The van der Waals surface area contributed by atoms with Crippen LogP contribution in [-0.4, -0.2) is 23.5 Å². The van der Waals surface area contributed by atoms with E-state index in [4.69, 9.17) is 4.52 Å². The molecule has 0 saturated carbocycles. The van der Waals surface area contributed by atoms with Gasteiger partial charge in [-0.25, -0.2) is 13.4 Å². The van der Waals surface area contributed by atoms with Crippen LogP contribution < -0.4 is 10.0 Å². The van der Waals surface area contributed by atoms with Crippen molar-refractivity contribution in [3.8, 4) is 11.4 Å². The molecule has 2 N–H and O–H groups in total. The van der Waals surface area contributed by atoms with Gasteiger partial charge in [0.1, 0.15) is 11.5 Å². The van der Waals surface area contributed by atoms with Gasteiger partial charge in [-0.3, -0.25) is 9.71 Å². The van der Waals surface area contributed by atoms with Gasteiger partial charge in [-0.15, -0.1) is 28.3 Å². The molecule has 0 bridgehead atoms. The zero-order valence-electron chi connectivity index (χ0n) is 15.1. The molecule has 0 aliphatic carbocycles. The van der Waals surface area contributed by atoms with Gasteiger partial charge >= 0.3 is 0 Å². The summed E-state index contributed by atoms with van der Waals surface area (Å²) in [7, 11) is -3.74. The second-order valence-electron chi connectivity index (χ2n) is 5.83. The van der Waals surface area contributed by atoms with Crippen molar-refractivity contribution >= 4 is 55.0 Å². The Morgan fingerprint density at radius 3 is 2.52 bits per heavy atom. The lowest BCUT2D eigenvalue weighted by Crippen LogP contribution is -2.13. The first-order valence-corrected chi connectivity index (χ1v) is 10.6. The van der Waals surface area contributed by atoms with E-state index in [1.54, 1.807) is 25.3 Å². The van der Waals surface area contributed by atoms with Gasteiger partial charge in [-0.2, -0.15) is 0 Å². The molecule has 0 atom stereocenters. The zero-order valence-corrected chi connectivity index (χ0v) is 18.4. The van der Waals surface area contributed by atoms with E-state index in [2.05, 4.69) is 25.2 Å². The zero-order chi connectivity index (χ0) is 19.6. The highest BCUT2D eigenvalue weighted by Gasteiger charge is 2.16. The van der Waals surface area contributed by atoms with Crippen molar-refractivity contribution in [3.05, 3.63) is 65.9 Å². The summed E-state index contributed by atoms with van der Waals surface area (Å²) in [6, 6.07) is 13.5. The molecule has 0 aliphatic heterocycles. The first kappa shape index (κ1) is 21.0. The van der Waals surface area contributed by atoms with Crippen LogP contribution in [0.4, 0.5) is 16.6 Å². The second kappa shape index (κ2) is 8.72. The van der Waals surface area contributed by atoms with Crippen LogP contribution in [-0.2, 0) is 10.0 Å². The van der Waals surface area contributed by atoms with Crippen molar-refractivity contribution in [2.45, 2.75) is 11.8 Å². The molecule has 29 heavy (non-hydrogen) atoms. The average Bonchev–Trinajstić information content (AvgIpc) is 3.31. The standard InChI is InChI=1S/C18H15N5O3S2.BrH/c1-12-10-17(22-26-12)23-28(24,25)14-7-5-13(6-8-14)20-18-21-16(11-27-18)15-4-2-3-9-19-15;/h2-11H,1H3,(H,20,21)(H,22,23);1H. The lowest BCUT2D eigenvalue weighted by Gasteiger charge is -2.07. The predicted molar refractivity (Wildman–Crippen MR) is 117 cm³/mol. The van der Waals surface area contributed by atoms with E-state index >= 15 is 0 Å². The van der Waals surface area contributed by atoms with Gasteiger partial charge in [0.05, 0.1) is 10.6 Å². The van der Waals surface area contributed by atoms with E-state index in [0.717, 1.165) is 17.1 Å². The number of anilines is 3. The number of pyridine rings is 1. The largest absolute Gasteiger partial charge is 0.360 e. The highest BCUT2D eigenvalue weighted by Crippen LogP contribution is 2.26. The molecule has 11 heteroatoms. The van der Waals surface area contributed by atoms with E-state index < -0.39 is 10.0 Å². The first-order chi connectivity index (χ1) is 13.5. The number of benzene rings is 1. The molecule has 0 amide bonds. The molecule has 1 aromatic carbocycles. The maximum Gasteiger partial charge on any atom is 0.263 e. The van der Waals surface area contributed by atoms with Crippen LogP contribution in [0, 0.1) is 6.92 Å². The molecule has 0 radical (unpaired) electrons. The van der Waals surface area contributed by atoms with Gasteiger partial charge < -0.3 is 9.84 Å². The summed E-state index contributed by atoms with van der Waals surface area (Å²) < 4.78 is 32.1. The lowest BCUT2D eigenvalue weighted by atomic mass is 10.3. The molecular formula is C18H16BrN5O3S2. The molecule has 0 unspecified atom stereocenters. The van der Waals surface area contributed by atoms with Gasteiger partial charge in [0.15, 0.2) is 10.9 Å². The Balaban J connectivity index is 0.00000240. The maximum atomic E-state index is 12.4. The number of rotatable bonds is 6. The van der Waals surface area contributed by atoms with Crippen LogP contribution in [0.3, 0.4) is 0 Å². The molecule has 8 nitrogen and oxygen atoms in total. The Morgan fingerprint density at radius 1 is 1.07 bits per heavy atom. The molecular weight excluding hydrogens is 478 g/mol. The minimum Gasteiger partial charge on any atom is -0.360 e. The highest BCUT2D eigenvalue weighted by atomic mass is 79.9. The third kappa shape index (κ3) is 5.00. The number of halogens is 1. The van der Waals surface area contributed by atoms with E-state index in [0.29, 0.717) is 10.9 Å². The van der Waals surface area contributed by atoms with Crippen LogP contribution in [0.5, 0.6) is 0 Å². The summed E-state index contributed by atoms with van der Waals surface area (Å²) in [6.07, 6.45) is 1.72. The van der Waals surface area contributed by atoms with Crippen molar-refractivity contribution in [1.82, 2.24) is 15.1 Å². The number of aromatic nitrogens is 3. The fourth-order valence-corrected chi connectivity index (χ4v) is 4.12. The number of aryl methyl sites for hydroxylation is 1. The predicted octanol–water partition coefficient (Wildman–Crippen LogP) is 4.62. The van der Waals surface area contributed by atoms with E-state index in [1.807, 2.05) is 23.6 Å². The molecule has 150 valence electrons. The van der Waals surface area contributed by atoms with E-state index in [-0.39, 0.29) is 27.7 Å². The first-order valence-electron chi connectivity index (χ1n) is 8.20. The topological polar surface area (TPSA) is 110 Å². The summed E-state index contributed by atoms with van der Waals surface area (Å²) >= 11 is 1.44. The molecule has 3 heterocycles. The number of nitrogens with zero attached hydrogens (tertiary/aromatic N) is 3. The summed E-state index contributed by atoms with van der Waals surface area (Å²) in [5.41, 5.74) is 2.29. The molecule has 0 aliphatic rings. The lowest BCUT2D eigenvalue weighted by molar-refractivity contribution is 0.400. The number of hydrogen-bond acceptors (Lipinski definition) is 8. The molecule has 0 spiro atoms. The minimum absolute atomic E-state index is 0. The van der Waals surface area contributed by atoms with Crippen LogP contribution in [0.25, 0.3) is 11.4 Å². The molecule has 4 aromatic rings. The normalized spacial score (nSPS) is 10.9. The minimum atomic E-state index is -3.74. The number of hydrogen-bond donors (Lipinski definition) is 2. The number of thiazole rings is 1. The van der Waals surface area contributed by atoms with Gasteiger partial charge in [0.25, 0.3) is 10.0 Å². The van der Waals surface area contributed by atoms with Gasteiger partial charge in [-0.05, 0) is 43.3 Å². The fourth-order valence-electron chi connectivity index (χ4n) is 2.42. The van der Waals surface area contributed by atoms with Crippen molar-refractivity contribution in [3.63, 3.8) is 0 Å². The summed E-state index contributed by atoms with van der Waals surface area (Å²) in [5, 5.41) is 9.40. The Hall–Kier alpha value is -2.76. The Labute approximate surface area is 181 Å². The van der Waals surface area contributed by atoms with Crippen LogP contribution in [0.1, 0.15) is 5.76 Å². The second-order valence-corrected chi connectivity index (χ2v) is 8.37. The van der Waals surface area contributed by atoms with Crippen LogP contribution in [0.15, 0.2) is 69.5 Å².